The first-order valence-corrected chi connectivity index (χ1v) is 16.5. The molecule has 10 rings (SSSR count). The Morgan fingerprint density at radius 1 is 0.367 bits per heavy atom. The van der Waals surface area contributed by atoms with Crippen molar-refractivity contribution in [1.82, 2.24) is 24.1 Å². The Hall–Kier alpha value is -6.59. The minimum Gasteiger partial charge on any atom is -0.343 e. The monoisotopic (exact) mass is 627 g/mol. The summed E-state index contributed by atoms with van der Waals surface area (Å²) in [5.74, 6) is 1.95. The molecule has 0 amide bonds. The zero-order chi connectivity index (χ0) is 32.5. The van der Waals surface area contributed by atoms with Crippen molar-refractivity contribution in [2.24, 2.45) is 7.05 Å². The third-order valence-corrected chi connectivity index (χ3v) is 9.75. The number of benzene rings is 7. The summed E-state index contributed by atoms with van der Waals surface area (Å²) in [4.78, 5) is 14.8. The van der Waals surface area contributed by atoms with Gasteiger partial charge >= 0.3 is 0 Å². The second-order valence-corrected chi connectivity index (χ2v) is 12.5. The molecule has 49 heavy (non-hydrogen) atoms. The van der Waals surface area contributed by atoms with Crippen LogP contribution < -0.4 is 0 Å². The Labute approximate surface area is 282 Å². The Morgan fingerprint density at radius 3 is 1.35 bits per heavy atom. The van der Waals surface area contributed by atoms with Crippen LogP contribution in [-0.4, -0.2) is 24.1 Å². The summed E-state index contributed by atoms with van der Waals surface area (Å²) in [5, 5.41) is 7.57. The highest BCUT2D eigenvalue weighted by Gasteiger charge is 2.22. The van der Waals surface area contributed by atoms with E-state index in [1.165, 1.54) is 54.4 Å². The molecule has 0 N–H and O–H groups in total. The SMILES string of the molecule is Cn1c2ccccc2c2c3c4ccccc4n(-c4ccc(-c5nc(-c6ccccc6)nc(-c6ccccc6)n5)cc4)c3c3ccccc3c21. The summed E-state index contributed by atoms with van der Waals surface area (Å²) < 4.78 is 4.78. The van der Waals surface area contributed by atoms with Crippen LogP contribution in [0, 0.1) is 0 Å². The van der Waals surface area contributed by atoms with Crippen LogP contribution in [0.15, 0.2) is 158 Å². The lowest BCUT2D eigenvalue weighted by Crippen LogP contribution is -2.00. The van der Waals surface area contributed by atoms with Crippen molar-refractivity contribution < 1.29 is 0 Å². The molecule has 3 heterocycles. The van der Waals surface area contributed by atoms with Crippen LogP contribution in [0.2, 0.25) is 0 Å². The van der Waals surface area contributed by atoms with Gasteiger partial charge in [-0.3, -0.25) is 0 Å². The number of aromatic nitrogens is 5. The molecule has 0 saturated carbocycles. The number of nitrogens with zero attached hydrogens (tertiary/aromatic N) is 5. The largest absolute Gasteiger partial charge is 0.343 e. The van der Waals surface area contributed by atoms with Crippen LogP contribution in [0.4, 0.5) is 0 Å². The molecule has 5 heteroatoms. The predicted molar refractivity (Wildman–Crippen MR) is 202 cm³/mol. The van der Waals surface area contributed by atoms with E-state index in [1.54, 1.807) is 0 Å². The highest BCUT2D eigenvalue weighted by atomic mass is 15.0. The lowest BCUT2D eigenvalue weighted by molar-refractivity contribution is 1.02. The normalized spacial score (nSPS) is 11.8. The Kier molecular flexibility index (Phi) is 6.02. The minimum absolute atomic E-state index is 0.643. The highest BCUT2D eigenvalue weighted by molar-refractivity contribution is 6.37. The van der Waals surface area contributed by atoms with E-state index in [0.717, 1.165) is 22.4 Å². The molecule has 0 spiro atoms. The van der Waals surface area contributed by atoms with Gasteiger partial charge in [0.25, 0.3) is 0 Å². The average Bonchev–Trinajstić information content (AvgIpc) is 3.68. The first kappa shape index (κ1) is 27.5. The smallest absolute Gasteiger partial charge is 0.164 e. The fraction of sp³-hybridized carbons (Fsp3) is 0.0227. The Morgan fingerprint density at radius 2 is 0.776 bits per heavy atom. The fourth-order valence-electron chi connectivity index (χ4n) is 7.57. The van der Waals surface area contributed by atoms with E-state index in [2.05, 4.69) is 113 Å². The van der Waals surface area contributed by atoms with Crippen molar-refractivity contribution in [3.63, 3.8) is 0 Å². The molecule has 230 valence electrons. The number of aryl methyl sites for hydroxylation is 1. The second-order valence-electron chi connectivity index (χ2n) is 12.5. The van der Waals surface area contributed by atoms with Gasteiger partial charge in [0.05, 0.1) is 16.6 Å². The van der Waals surface area contributed by atoms with Gasteiger partial charge < -0.3 is 9.13 Å². The van der Waals surface area contributed by atoms with Crippen LogP contribution in [0.25, 0.3) is 94.2 Å². The molecule has 0 bridgehead atoms. The van der Waals surface area contributed by atoms with Gasteiger partial charge in [-0.05, 0) is 36.4 Å². The summed E-state index contributed by atoms with van der Waals surface area (Å²) in [6, 6.07) is 55.2. The van der Waals surface area contributed by atoms with Gasteiger partial charge in [0.15, 0.2) is 17.5 Å². The zero-order valence-corrected chi connectivity index (χ0v) is 26.7. The third kappa shape index (κ3) is 4.16. The molecule has 3 aromatic heterocycles. The molecule has 7 aromatic carbocycles. The maximum Gasteiger partial charge on any atom is 0.164 e. The van der Waals surface area contributed by atoms with E-state index in [9.17, 15) is 0 Å². The summed E-state index contributed by atoms with van der Waals surface area (Å²) in [6.45, 7) is 0. The van der Waals surface area contributed by atoms with E-state index in [-0.39, 0.29) is 0 Å². The van der Waals surface area contributed by atoms with Crippen molar-refractivity contribution in [2.75, 3.05) is 0 Å². The standard InChI is InChI=1S/C44H29N5/c1-48-36-22-12-10-20-34(36)38-39-35-21-11-13-23-37(35)49(41(39)33-19-9-8-18-32(33)40(38)48)31-26-24-30(25-27-31)44-46-42(28-14-4-2-5-15-28)45-43(47-44)29-16-6-3-7-17-29/h2-27H,1H3. The average molecular weight is 628 g/mol. The predicted octanol–water partition coefficient (Wildman–Crippen LogP) is 10.8. The fourth-order valence-corrected chi connectivity index (χ4v) is 7.57. The second kappa shape index (κ2) is 10.7. The third-order valence-electron chi connectivity index (χ3n) is 9.75. The molecule has 0 aliphatic rings. The molecular formula is C44H29N5. The van der Waals surface area contributed by atoms with Gasteiger partial charge in [-0.1, -0.05) is 121 Å². The Balaban J connectivity index is 1.22. The van der Waals surface area contributed by atoms with E-state index >= 15 is 0 Å². The van der Waals surface area contributed by atoms with Gasteiger partial charge in [-0.2, -0.15) is 0 Å². The number of rotatable bonds is 4. The molecule has 0 aliphatic carbocycles. The molecule has 0 aliphatic heterocycles. The first-order chi connectivity index (χ1) is 24.2. The van der Waals surface area contributed by atoms with Gasteiger partial charge in [0.2, 0.25) is 0 Å². The zero-order valence-electron chi connectivity index (χ0n) is 26.7. The van der Waals surface area contributed by atoms with E-state index in [1.807, 2.05) is 60.7 Å². The van der Waals surface area contributed by atoms with Gasteiger partial charge in [0.1, 0.15) is 0 Å². The quantitative estimate of drug-likeness (QED) is 0.195. The van der Waals surface area contributed by atoms with Crippen molar-refractivity contribution in [3.05, 3.63) is 158 Å². The van der Waals surface area contributed by atoms with Crippen LogP contribution in [0.3, 0.4) is 0 Å². The van der Waals surface area contributed by atoms with Gasteiger partial charge in [0, 0.05) is 67.3 Å². The first-order valence-electron chi connectivity index (χ1n) is 16.5. The van der Waals surface area contributed by atoms with Gasteiger partial charge in [-0.25, -0.2) is 15.0 Å². The number of fused-ring (bicyclic) bond motifs is 10. The molecule has 0 fully saturated rings. The molecule has 10 aromatic rings. The number of hydrogen-bond donors (Lipinski definition) is 0. The van der Waals surface area contributed by atoms with Crippen molar-refractivity contribution in [2.45, 2.75) is 0 Å². The Bertz CT molecular complexity index is 2810. The molecule has 0 unspecified atom stereocenters. The summed E-state index contributed by atoms with van der Waals surface area (Å²) in [7, 11) is 2.19. The molecule has 5 nitrogen and oxygen atoms in total. The summed E-state index contributed by atoms with van der Waals surface area (Å²) in [5.41, 5.74) is 8.82. The van der Waals surface area contributed by atoms with Crippen molar-refractivity contribution >= 4 is 54.4 Å². The highest BCUT2D eigenvalue weighted by Crippen LogP contribution is 2.45. The van der Waals surface area contributed by atoms with E-state index in [4.69, 9.17) is 15.0 Å². The van der Waals surface area contributed by atoms with Crippen LogP contribution in [-0.2, 0) is 7.05 Å². The van der Waals surface area contributed by atoms with Crippen LogP contribution in [0.5, 0.6) is 0 Å². The van der Waals surface area contributed by atoms with E-state index in [0.29, 0.717) is 17.5 Å². The maximum atomic E-state index is 4.97. The lowest BCUT2D eigenvalue weighted by Gasteiger charge is -2.13. The number of hydrogen-bond acceptors (Lipinski definition) is 3. The maximum absolute atomic E-state index is 4.97. The summed E-state index contributed by atoms with van der Waals surface area (Å²) >= 11 is 0. The van der Waals surface area contributed by atoms with Crippen molar-refractivity contribution in [1.29, 1.82) is 0 Å². The summed E-state index contributed by atoms with van der Waals surface area (Å²) in [6.07, 6.45) is 0. The van der Waals surface area contributed by atoms with E-state index < -0.39 is 0 Å². The molecule has 0 atom stereocenters. The minimum atomic E-state index is 0.643. The topological polar surface area (TPSA) is 48.5 Å². The molecule has 0 saturated heterocycles. The number of para-hydroxylation sites is 2. The van der Waals surface area contributed by atoms with Crippen LogP contribution in [0.1, 0.15) is 0 Å². The van der Waals surface area contributed by atoms with Crippen LogP contribution >= 0.6 is 0 Å². The molecular weight excluding hydrogens is 599 g/mol. The van der Waals surface area contributed by atoms with Gasteiger partial charge in [-0.15, -0.1) is 0 Å². The van der Waals surface area contributed by atoms with Crippen molar-refractivity contribution in [3.8, 4) is 39.9 Å². The molecule has 0 radical (unpaired) electrons. The lowest BCUT2D eigenvalue weighted by atomic mass is 9.99.